The number of nitrogens with one attached hydrogen (secondary N) is 1. The Hall–Kier alpha value is -3.04. The molecule has 6 heteroatoms. The number of nitriles is 3. The molecule has 0 atom stereocenters. The Morgan fingerprint density at radius 3 is 2.33 bits per heavy atom. The van der Waals surface area contributed by atoms with Crippen LogP contribution in [-0.4, -0.2) is 7.11 Å². The van der Waals surface area contributed by atoms with Crippen molar-refractivity contribution in [1.82, 2.24) is 0 Å². The van der Waals surface area contributed by atoms with E-state index >= 15 is 0 Å². The minimum atomic E-state index is -0.655. The Labute approximate surface area is 103 Å². The lowest BCUT2D eigenvalue weighted by Gasteiger charge is -2.07. The number of hydrogen-bond donors (Lipinski definition) is 1. The number of methoxy groups -OCH3 is 1. The molecule has 0 aromatic heterocycles. The van der Waals surface area contributed by atoms with E-state index in [0.29, 0.717) is 5.75 Å². The molecule has 0 aliphatic carbocycles. The number of rotatable bonds is 3. The van der Waals surface area contributed by atoms with Crippen LogP contribution in [-0.2, 0) is 0 Å². The van der Waals surface area contributed by atoms with Crippen molar-refractivity contribution in [2.75, 3.05) is 12.4 Å². The largest absolute Gasteiger partial charge is 0.497 e. The summed E-state index contributed by atoms with van der Waals surface area (Å²) < 4.78 is 18.4. The maximum atomic E-state index is 13.6. The topological polar surface area (TPSA) is 92.6 Å². The van der Waals surface area contributed by atoms with Gasteiger partial charge in [-0.1, -0.05) is 0 Å². The maximum absolute atomic E-state index is 13.6. The molecule has 0 spiro atoms. The molecule has 1 aromatic rings. The molecule has 0 heterocycles. The molecule has 0 fully saturated rings. The Morgan fingerprint density at radius 2 is 1.89 bits per heavy atom. The minimum Gasteiger partial charge on any atom is -0.497 e. The Morgan fingerprint density at radius 1 is 1.22 bits per heavy atom. The average Bonchev–Trinajstić information content (AvgIpc) is 2.40. The predicted octanol–water partition coefficient (Wildman–Crippen LogP) is 2.07. The summed E-state index contributed by atoms with van der Waals surface area (Å²) in [6.07, 6.45) is 0. The first-order chi connectivity index (χ1) is 8.65. The predicted molar refractivity (Wildman–Crippen MR) is 60.4 cm³/mol. The quantitative estimate of drug-likeness (QED) is 0.819. The molecule has 0 bridgehead atoms. The van der Waals surface area contributed by atoms with Gasteiger partial charge in [0.05, 0.1) is 12.8 Å². The van der Waals surface area contributed by atoms with Gasteiger partial charge in [-0.2, -0.15) is 15.8 Å². The van der Waals surface area contributed by atoms with Gasteiger partial charge in [0.25, 0.3) is 0 Å². The van der Waals surface area contributed by atoms with Crippen LogP contribution in [0.1, 0.15) is 0 Å². The van der Waals surface area contributed by atoms with E-state index in [-0.39, 0.29) is 11.4 Å². The zero-order chi connectivity index (χ0) is 13.5. The van der Waals surface area contributed by atoms with Gasteiger partial charge in [-0.05, 0) is 12.1 Å². The highest BCUT2D eigenvalue weighted by atomic mass is 19.1. The summed E-state index contributed by atoms with van der Waals surface area (Å²) >= 11 is 0. The van der Waals surface area contributed by atoms with E-state index in [4.69, 9.17) is 20.5 Å². The van der Waals surface area contributed by atoms with Crippen molar-refractivity contribution in [3.63, 3.8) is 0 Å². The van der Waals surface area contributed by atoms with Gasteiger partial charge in [-0.15, -0.1) is 0 Å². The zero-order valence-corrected chi connectivity index (χ0v) is 9.36. The van der Waals surface area contributed by atoms with Gasteiger partial charge in [-0.25, -0.2) is 4.39 Å². The fraction of sp³-hybridized carbons (Fsp3) is 0.0833. The number of allylic oxidation sites excluding steroid dienone is 2. The average molecular weight is 242 g/mol. The molecule has 18 heavy (non-hydrogen) atoms. The van der Waals surface area contributed by atoms with Crippen molar-refractivity contribution in [3.8, 4) is 24.0 Å². The van der Waals surface area contributed by atoms with E-state index in [2.05, 4.69) is 5.32 Å². The van der Waals surface area contributed by atoms with Crippen LogP contribution in [0.3, 0.4) is 0 Å². The first-order valence-electron chi connectivity index (χ1n) is 4.71. The molecule has 0 saturated heterocycles. The standard InChI is InChI=1S/C12H7FN4O/c1-18-9-2-3-11(10(13)4-9)17-12(7-16)8(5-14)6-15/h2-4,17H,1H3. The molecule has 0 unspecified atom stereocenters. The third-order valence-electron chi connectivity index (χ3n) is 2.02. The molecular weight excluding hydrogens is 235 g/mol. The Kier molecular flexibility index (Phi) is 4.26. The van der Waals surface area contributed by atoms with Crippen LogP contribution in [0, 0.1) is 39.8 Å². The summed E-state index contributed by atoms with van der Waals surface area (Å²) in [5, 5.41) is 28.4. The fourth-order valence-electron chi connectivity index (χ4n) is 1.14. The monoisotopic (exact) mass is 242 g/mol. The van der Waals surface area contributed by atoms with Crippen LogP contribution in [0.15, 0.2) is 29.5 Å². The first kappa shape index (κ1) is 13.0. The molecule has 0 radical (unpaired) electrons. The highest BCUT2D eigenvalue weighted by molar-refractivity contribution is 5.59. The minimum absolute atomic E-state index is 0.0182. The zero-order valence-electron chi connectivity index (χ0n) is 9.36. The number of ether oxygens (including phenoxy) is 1. The molecule has 1 aromatic carbocycles. The van der Waals surface area contributed by atoms with Crippen molar-refractivity contribution in [1.29, 1.82) is 15.8 Å². The summed E-state index contributed by atoms with van der Waals surface area (Å²) in [7, 11) is 1.39. The van der Waals surface area contributed by atoms with E-state index in [1.165, 1.54) is 19.2 Å². The molecule has 1 rings (SSSR count). The first-order valence-corrected chi connectivity index (χ1v) is 4.71. The van der Waals surface area contributed by atoms with Gasteiger partial charge >= 0.3 is 0 Å². The summed E-state index contributed by atoms with van der Waals surface area (Å²) in [5.74, 6) is -0.335. The lowest BCUT2D eigenvalue weighted by Crippen LogP contribution is -2.02. The molecule has 0 amide bonds. The number of halogens is 1. The third-order valence-corrected chi connectivity index (χ3v) is 2.02. The summed E-state index contributed by atoms with van der Waals surface area (Å²) in [4.78, 5) is 0. The summed E-state index contributed by atoms with van der Waals surface area (Å²) in [5.41, 5.74) is -0.730. The molecule has 0 aliphatic heterocycles. The van der Waals surface area contributed by atoms with Gasteiger partial charge in [0.2, 0.25) is 0 Å². The van der Waals surface area contributed by atoms with Crippen molar-refractivity contribution >= 4 is 5.69 Å². The number of hydrogen-bond acceptors (Lipinski definition) is 5. The van der Waals surface area contributed by atoms with Crippen LogP contribution in [0.2, 0.25) is 0 Å². The molecule has 0 aliphatic rings. The molecule has 1 N–H and O–H groups in total. The van der Waals surface area contributed by atoms with Gasteiger partial charge in [0.15, 0.2) is 5.57 Å². The second-order valence-corrected chi connectivity index (χ2v) is 3.06. The summed E-state index contributed by atoms with van der Waals surface area (Å²) in [6.45, 7) is 0. The van der Waals surface area contributed by atoms with Crippen molar-refractivity contribution in [3.05, 3.63) is 35.3 Å². The fourth-order valence-corrected chi connectivity index (χ4v) is 1.14. The van der Waals surface area contributed by atoms with Crippen LogP contribution in [0.5, 0.6) is 5.75 Å². The van der Waals surface area contributed by atoms with Crippen LogP contribution >= 0.6 is 0 Å². The van der Waals surface area contributed by atoms with Gasteiger partial charge in [0.1, 0.15) is 35.5 Å². The lowest BCUT2D eigenvalue weighted by molar-refractivity contribution is 0.411. The highest BCUT2D eigenvalue weighted by Crippen LogP contribution is 2.22. The van der Waals surface area contributed by atoms with Crippen LogP contribution in [0.4, 0.5) is 10.1 Å². The summed E-state index contributed by atoms with van der Waals surface area (Å²) in [6, 6.07) is 8.69. The SMILES string of the molecule is COc1ccc(NC(C#N)=C(C#N)C#N)c(F)c1. The van der Waals surface area contributed by atoms with Gasteiger partial charge < -0.3 is 10.1 Å². The molecule has 5 nitrogen and oxygen atoms in total. The number of benzene rings is 1. The normalized spacial score (nSPS) is 8.39. The second kappa shape index (κ2) is 5.89. The van der Waals surface area contributed by atoms with Gasteiger partial charge in [-0.3, -0.25) is 0 Å². The Balaban J connectivity index is 3.14. The van der Waals surface area contributed by atoms with E-state index in [1.807, 2.05) is 0 Å². The van der Waals surface area contributed by atoms with Crippen LogP contribution in [0.25, 0.3) is 0 Å². The van der Waals surface area contributed by atoms with E-state index in [1.54, 1.807) is 18.2 Å². The number of anilines is 1. The molecule has 0 saturated carbocycles. The smallest absolute Gasteiger partial charge is 0.163 e. The Bertz CT molecular complexity index is 600. The van der Waals surface area contributed by atoms with Gasteiger partial charge in [0, 0.05) is 6.07 Å². The van der Waals surface area contributed by atoms with E-state index in [0.717, 1.165) is 6.07 Å². The van der Waals surface area contributed by atoms with Crippen LogP contribution < -0.4 is 10.1 Å². The van der Waals surface area contributed by atoms with Crippen molar-refractivity contribution in [2.45, 2.75) is 0 Å². The van der Waals surface area contributed by atoms with Crippen molar-refractivity contribution < 1.29 is 9.13 Å². The third kappa shape index (κ3) is 2.75. The maximum Gasteiger partial charge on any atom is 0.163 e. The highest BCUT2D eigenvalue weighted by Gasteiger charge is 2.09. The molecule has 88 valence electrons. The van der Waals surface area contributed by atoms with E-state index in [9.17, 15) is 4.39 Å². The molecular formula is C12H7FN4O. The lowest BCUT2D eigenvalue weighted by atomic mass is 10.2. The number of nitrogens with zero attached hydrogens (tertiary/aromatic N) is 3. The second-order valence-electron chi connectivity index (χ2n) is 3.06. The van der Waals surface area contributed by atoms with E-state index < -0.39 is 11.4 Å². The van der Waals surface area contributed by atoms with Crippen molar-refractivity contribution in [2.24, 2.45) is 0 Å².